The summed E-state index contributed by atoms with van der Waals surface area (Å²) < 4.78 is 49.5. The maximum Gasteiger partial charge on any atom is 0.0700 e. The Morgan fingerprint density at radius 1 is 0.337 bits per heavy atom. The molecule has 10 nitrogen and oxygen atoms in total. The van der Waals surface area contributed by atoms with Crippen molar-refractivity contribution in [2.45, 2.75) is 57.3 Å². The second-order valence-corrected chi connectivity index (χ2v) is 22.4. The second kappa shape index (κ2) is 26.3. The number of aryl methyl sites for hydroxylation is 3. The standard InChI is InChI=1S/C73H80N2O8/c1-51-12-19-57(20-13-51)75-70-11-9-8-10-64(70)65-48-55(18-29-71(65)75)54-16-21-56(22-17-54)74(58-23-27-62-60-25-14-52(2)46-66(60)72(68(62)49-58,30-34-80-42-38-76-4)31-35-81-43-39-77-5)59-24-28-63-61-26-15-53(3)47-67(61)73(69(63)50-59,32-36-82-44-40-78-6)33-37-83-45-41-79-7/h8-29,46-50H,30-45H2,1-7H3. The number of methoxy groups -OCH3 is 4. The van der Waals surface area contributed by atoms with E-state index in [0.717, 1.165) is 59.6 Å². The molecule has 8 aromatic carbocycles. The van der Waals surface area contributed by atoms with E-state index < -0.39 is 10.8 Å². The van der Waals surface area contributed by atoms with E-state index in [0.29, 0.717) is 79.3 Å². The summed E-state index contributed by atoms with van der Waals surface area (Å²) in [5, 5.41) is 2.45. The third-order valence-corrected chi connectivity index (χ3v) is 17.4. The highest BCUT2D eigenvalue weighted by Crippen LogP contribution is 2.57. The van der Waals surface area contributed by atoms with Crippen LogP contribution in [0.1, 0.15) is 64.6 Å². The van der Waals surface area contributed by atoms with Gasteiger partial charge in [0.05, 0.1) is 63.9 Å². The number of hydrogen-bond donors (Lipinski definition) is 0. The van der Waals surface area contributed by atoms with Crippen molar-refractivity contribution in [3.05, 3.63) is 203 Å². The summed E-state index contributed by atoms with van der Waals surface area (Å²) in [6.45, 7) is 13.1. The number of ether oxygens (including phenoxy) is 8. The fourth-order valence-corrected chi connectivity index (χ4v) is 13.1. The van der Waals surface area contributed by atoms with Gasteiger partial charge in [0.15, 0.2) is 0 Å². The number of aromatic nitrogens is 1. The fourth-order valence-electron chi connectivity index (χ4n) is 13.1. The van der Waals surface area contributed by atoms with E-state index in [1.54, 1.807) is 28.4 Å². The Morgan fingerprint density at radius 2 is 0.735 bits per heavy atom. The molecule has 1 aromatic heterocycles. The third kappa shape index (κ3) is 11.7. The van der Waals surface area contributed by atoms with Crippen LogP contribution in [0, 0.1) is 20.8 Å². The van der Waals surface area contributed by atoms with Crippen molar-refractivity contribution in [2.24, 2.45) is 0 Å². The normalized spacial score (nSPS) is 13.6. The van der Waals surface area contributed by atoms with Gasteiger partial charge in [0.25, 0.3) is 0 Å². The highest BCUT2D eigenvalue weighted by Gasteiger charge is 2.45. The molecule has 2 aliphatic rings. The molecule has 0 spiro atoms. The van der Waals surface area contributed by atoms with Crippen LogP contribution in [0.25, 0.3) is 60.9 Å². The van der Waals surface area contributed by atoms with Crippen molar-refractivity contribution in [2.75, 3.05) is 113 Å². The van der Waals surface area contributed by atoms with Crippen LogP contribution in [0.15, 0.2) is 164 Å². The first-order valence-electron chi connectivity index (χ1n) is 29.5. The van der Waals surface area contributed by atoms with Crippen LogP contribution in [0.4, 0.5) is 17.1 Å². The molecule has 0 atom stereocenters. The van der Waals surface area contributed by atoms with Crippen LogP contribution in [-0.2, 0) is 48.7 Å². The molecule has 430 valence electrons. The quantitative estimate of drug-likeness (QED) is 0.0426. The summed E-state index contributed by atoms with van der Waals surface area (Å²) in [4.78, 5) is 2.47. The van der Waals surface area contributed by atoms with Gasteiger partial charge < -0.3 is 47.4 Å². The van der Waals surface area contributed by atoms with Crippen LogP contribution >= 0.6 is 0 Å². The fraction of sp³-hybridized carbons (Fsp3) is 0.342. The Kier molecular flexibility index (Phi) is 18.3. The number of hydrogen-bond acceptors (Lipinski definition) is 9. The van der Waals surface area contributed by atoms with Crippen molar-refractivity contribution in [3.8, 4) is 39.1 Å². The molecule has 11 rings (SSSR count). The maximum atomic E-state index is 6.36. The van der Waals surface area contributed by atoms with Crippen LogP contribution in [0.2, 0.25) is 0 Å². The topological polar surface area (TPSA) is 82.0 Å². The van der Waals surface area contributed by atoms with Gasteiger partial charge >= 0.3 is 0 Å². The minimum absolute atomic E-state index is 0.401. The molecular weight excluding hydrogens is 1030 g/mol. The molecule has 0 amide bonds. The number of anilines is 3. The monoisotopic (exact) mass is 1110 g/mol. The largest absolute Gasteiger partial charge is 0.382 e. The first-order valence-corrected chi connectivity index (χ1v) is 29.5. The number of nitrogens with zero attached hydrogens (tertiary/aromatic N) is 2. The first kappa shape index (κ1) is 57.8. The summed E-state index contributed by atoms with van der Waals surface area (Å²) in [6.07, 6.45) is 3.10. The average molecular weight is 1110 g/mol. The van der Waals surface area contributed by atoms with Gasteiger partial charge in [0, 0.05) is 99.2 Å². The van der Waals surface area contributed by atoms with E-state index in [4.69, 9.17) is 37.9 Å². The zero-order chi connectivity index (χ0) is 57.3. The molecule has 10 heteroatoms. The Balaban J connectivity index is 1.06. The lowest BCUT2D eigenvalue weighted by Crippen LogP contribution is -2.30. The summed E-state index contributed by atoms with van der Waals surface area (Å²) in [5.74, 6) is 0. The molecule has 0 saturated carbocycles. The molecule has 2 aliphatic carbocycles. The van der Waals surface area contributed by atoms with Gasteiger partial charge in [0.1, 0.15) is 0 Å². The van der Waals surface area contributed by atoms with Crippen LogP contribution < -0.4 is 4.90 Å². The SMILES string of the molecule is COCCOCCC1(CCOCCOC)c2cc(C)ccc2-c2ccc(N(c3ccc(-c4ccc5c(c4)c4ccccc4n5-c4ccc(C)cc4)cc3)c3ccc4c(c3)C(CCOCCOC)(CCOCCOC)c3cc(C)ccc3-4)cc21. The highest BCUT2D eigenvalue weighted by atomic mass is 16.5. The molecule has 0 bridgehead atoms. The lowest BCUT2D eigenvalue weighted by molar-refractivity contribution is 0.0490. The van der Waals surface area contributed by atoms with E-state index in [9.17, 15) is 0 Å². The van der Waals surface area contributed by atoms with Gasteiger partial charge in [-0.05, 0) is 169 Å². The van der Waals surface area contributed by atoms with E-state index in [-0.39, 0.29) is 0 Å². The average Bonchev–Trinajstić information content (AvgIpc) is 4.31. The van der Waals surface area contributed by atoms with Gasteiger partial charge in [-0.2, -0.15) is 0 Å². The van der Waals surface area contributed by atoms with E-state index in [1.807, 2.05) is 0 Å². The number of benzene rings is 8. The first-order chi connectivity index (χ1) is 40.7. The summed E-state index contributed by atoms with van der Waals surface area (Å²) in [5.41, 5.74) is 22.1. The second-order valence-electron chi connectivity index (χ2n) is 22.4. The Bertz CT molecular complexity index is 3500. The molecule has 0 fully saturated rings. The van der Waals surface area contributed by atoms with Crippen LogP contribution in [-0.4, -0.2) is 112 Å². The zero-order valence-electron chi connectivity index (χ0n) is 49.6. The molecule has 0 unspecified atom stereocenters. The number of para-hydroxylation sites is 1. The number of fused-ring (bicyclic) bond motifs is 9. The Morgan fingerprint density at radius 3 is 1.20 bits per heavy atom. The number of rotatable bonds is 29. The lowest BCUT2D eigenvalue weighted by atomic mass is 9.72. The van der Waals surface area contributed by atoms with Crippen molar-refractivity contribution < 1.29 is 37.9 Å². The minimum Gasteiger partial charge on any atom is -0.382 e. The molecule has 1 heterocycles. The van der Waals surface area contributed by atoms with Crippen molar-refractivity contribution in [3.63, 3.8) is 0 Å². The van der Waals surface area contributed by atoms with Crippen LogP contribution in [0.3, 0.4) is 0 Å². The van der Waals surface area contributed by atoms with E-state index in [1.165, 1.54) is 83.0 Å². The van der Waals surface area contributed by atoms with Crippen molar-refractivity contribution in [1.82, 2.24) is 4.57 Å². The van der Waals surface area contributed by atoms with Gasteiger partial charge in [0.2, 0.25) is 0 Å². The van der Waals surface area contributed by atoms with Gasteiger partial charge in [-0.15, -0.1) is 0 Å². The molecule has 83 heavy (non-hydrogen) atoms. The Hall–Kier alpha value is -6.96. The smallest absolute Gasteiger partial charge is 0.0700 e. The summed E-state index contributed by atoms with van der Waals surface area (Å²) in [7, 11) is 6.89. The third-order valence-electron chi connectivity index (χ3n) is 17.4. The zero-order valence-corrected chi connectivity index (χ0v) is 49.6. The predicted molar refractivity (Wildman–Crippen MR) is 337 cm³/mol. The molecule has 0 aliphatic heterocycles. The molecule has 0 N–H and O–H groups in total. The molecular formula is C73H80N2O8. The highest BCUT2D eigenvalue weighted by molar-refractivity contribution is 6.10. The predicted octanol–water partition coefficient (Wildman–Crippen LogP) is 15.6. The molecule has 0 saturated heterocycles. The van der Waals surface area contributed by atoms with Gasteiger partial charge in [-0.3, -0.25) is 0 Å². The minimum atomic E-state index is -0.401. The summed E-state index contributed by atoms with van der Waals surface area (Å²) >= 11 is 0. The van der Waals surface area contributed by atoms with Crippen molar-refractivity contribution >= 4 is 38.9 Å². The molecule has 9 aromatic rings. The van der Waals surface area contributed by atoms with E-state index >= 15 is 0 Å². The Labute approximate surface area is 490 Å². The van der Waals surface area contributed by atoms with Gasteiger partial charge in [-0.1, -0.05) is 114 Å². The van der Waals surface area contributed by atoms with Crippen LogP contribution in [0.5, 0.6) is 0 Å². The van der Waals surface area contributed by atoms with E-state index in [2.05, 4.69) is 194 Å². The maximum absolute atomic E-state index is 6.36. The lowest BCUT2D eigenvalue weighted by Gasteiger charge is -2.35. The molecule has 0 radical (unpaired) electrons. The van der Waals surface area contributed by atoms with Gasteiger partial charge in [-0.25, -0.2) is 0 Å². The summed E-state index contributed by atoms with van der Waals surface area (Å²) in [6, 6.07) is 61.8. The van der Waals surface area contributed by atoms with Crippen molar-refractivity contribution in [1.29, 1.82) is 0 Å².